The van der Waals surface area contributed by atoms with Crippen LogP contribution in [0.3, 0.4) is 0 Å². The van der Waals surface area contributed by atoms with Gasteiger partial charge in [0, 0.05) is 17.0 Å². The van der Waals surface area contributed by atoms with Crippen molar-refractivity contribution in [2.45, 2.75) is 12.3 Å². The van der Waals surface area contributed by atoms with Gasteiger partial charge in [-0.2, -0.15) is 4.98 Å². The van der Waals surface area contributed by atoms with Crippen molar-refractivity contribution in [1.29, 1.82) is 0 Å². The van der Waals surface area contributed by atoms with Gasteiger partial charge >= 0.3 is 0 Å². The zero-order valence-corrected chi connectivity index (χ0v) is 11.4. The maximum absolute atomic E-state index is 5.14. The normalized spacial score (nSPS) is 10.3. The van der Waals surface area contributed by atoms with E-state index in [1.165, 1.54) is 5.56 Å². The number of rotatable bonds is 3. The van der Waals surface area contributed by atoms with Crippen molar-refractivity contribution in [1.82, 2.24) is 9.97 Å². The van der Waals surface area contributed by atoms with Gasteiger partial charge in [-0.1, -0.05) is 40.2 Å². The molecular formula is C13H13BrN2O. The molecule has 0 radical (unpaired) electrons. The summed E-state index contributed by atoms with van der Waals surface area (Å²) in [6, 6.07) is 10.1. The Morgan fingerprint density at radius 1 is 1.18 bits per heavy atom. The molecule has 0 aliphatic rings. The van der Waals surface area contributed by atoms with E-state index < -0.39 is 0 Å². The molecule has 0 saturated carbocycles. The van der Waals surface area contributed by atoms with Crippen LogP contribution in [0.25, 0.3) is 11.3 Å². The lowest BCUT2D eigenvalue weighted by Crippen LogP contribution is -1.95. The van der Waals surface area contributed by atoms with Gasteiger partial charge in [-0.05, 0) is 12.5 Å². The molecular weight excluding hydrogens is 280 g/mol. The van der Waals surface area contributed by atoms with Gasteiger partial charge in [-0.3, -0.25) is 0 Å². The summed E-state index contributed by atoms with van der Waals surface area (Å²) in [6.45, 7) is 1.86. The van der Waals surface area contributed by atoms with Crippen LogP contribution >= 0.6 is 15.9 Å². The van der Waals surface area contributed by atoms with Gasteiger partial charge in [-0.25, -0.2) is 4.98 Å². The third-order valence-corrected chi connectivity index (χ3v) is 3.08. The van der Waals surface area contributed by atoms with E-state index in [0.29, 0.717) is 11.7 Å². The van der Waals surface area contributed by atoms with Crippen LogP contribution < -0.4 is 4.74 Å². The van der Waals surface area contributed by atoms with Gasteiger partial charge in [-0.15, -0.1) is 0 Å². The third kappa shape index (κ3) is 2.82. The minimum Gasteiger partial charge on any atom is -0.481 e. The van der Waals surface area contributed by atoms with Gasteiger partial charge in [0.2, 0.25) is 5.88 Å². The number of hydrogen-bond acceptors (Lipinski definition) is 3. The van der Waals surface area contributed by atoms with E-state index in [2.05, 4.69) is 50.2 Å². The molecule has 4 heteroatoms. The van der Waals surface area contributed by atoms with Gasteiger partial charge in [0.1, 0.15) is 5.82 Å². The Bertz CT molecular complexity index is 511. The maximum atomic E-state index is 5.14. The Hall–Kier alpha value is -1.42. The predicted molar refractivity (Wildman–Crippen MR) is 71.4 cm³/mol. The fraction of sp³-hybridized carbons (Fsp3) is 0.231. The average molecular weight is 293 g/mol. The lowest BCUT2D eigenvalue weighted by Gasteiger charge is -2.05. The predicted octanol–water partition coefficient (Wildman–Crippen LogP) is 3.36. The number of aryl methyl sites for hydroxylation is 1. The van der Waals surface area contributed by atoms with Crippen molar-refractivity contribution in [3.8, 4) is 17.1 Å². The largest absolute Gasteiger partial charge is 0.481 e. The summed E-state index contributed by atoms with van der Waals surface area (Å²) in [7, 11) is 1.61. The number of alkyl halides is 1. The number of aromatic nitrogens is 2. The van der Waals surface area contributed by atoms with Crippen molar-refractivity contribution in [3.05, 3.63) is 41.7 Å². The van der Waals surface area contributed by atoms with Crippen LogP contribution in [0, 0.1) is 6.92 Å². The van der Waals surface area contributed by atoms with Crippen LogP contribution in [-0.2, 0) is 5.33 Å². The summed E-state index contributed by atoms with van der Waals surface area (Å²) in [6.07, 6.45) is 0. The molecule has 3 nitrogen and oxygen atoms in total. The van der Waals surface area contributed by atoms with E-state index in [1.807, 2.05) is 13.0 Å². The summed E-state index contributed by atoms with van der Waals surface area (Å²) in [5, 5.41) is 0.861. The standard InChI is InChI=1S/C13H13BrN2O/c1-9-15-12(7-13(16-9)17-2)11-5-3-10(8-14)4-6-11/h3-7H,8H2,1-2H3. The maximum Gasteiger partial charge on any atom is 0.216 e. The number of methoxy groups -OCH3 is 1. The lowest BCUT2D eigenvalue weighted by molar-refractivity contribution is 0.396. The highest BCUT2D eigenvalue weighted by atomic mass is 79.9. The Morgan fingerprint density at radius 2 is 1.88 bits per heavy atom. The molecule has 2 rings (SSSR count). The zero-order valence-electron chi connectivity index (χ0n) is 9.77. The lowest BCUT2D eigenvalue weighted by atomic mass is 10.1. The molecule has 0 saturated heterocycles. The Morgan fingerprint density at radius 3 is 2.47 bits per heavy atom. The van der Waals surface area contributed by atoms with Crippen LogP contribution in [0.2, 0.25) is 0 Å². The second kappa shape index (κ2) is 5.27. The number of benzene rings is 1. The summed E-state index contributed by atoms with van der Waals surface area (Å²) in [5.41, 5.74) is 3.19. The van der Waals surface area contributed by atoms with Crippen molar-refractivity contribution < 1.29 is 4.74 Å². The van der Waals surface area contributed by atoms with E-state index in [4.69, 9.17) is 4.74 Å². The molecule has 0 atom stereocenters. The molecule has 1 aromatic heterocycles. The van der Waals surface area contributed by atoms with Crippen LogP contribution in [-0.4, -0.2) is 17.1 Å². The van der Waals surface area contributed by atoms with Crippen molar-refractivity contribution in [2.24, 2.45) is 0 Å². The highest BCUT2D eigenvalue weighted by molar-refractivity contribution is 9.08. The van der Waals surface area contributed by atoms with Crippen LogP contribution in [0.4, 0.5) is 0 Å². The van der Waals surface area contributed by atoms with E-state index in [0.717, 1.165) is 16.6 Å². The molecule has 0 spiro atoms. The molecule has 0 N–H and O–H groups in total. The highest BCUT2D eigenvalue weighted by Crippen LogP contribution is 2.21. The molecule has 0 amide bonds. The fourth-order valence-electron chi connectivity index (χ4n) is 1.56. The first-order valence-electron chi connectivity index (χ1n) is 5.28. The number of hydrogen-bond donors (Lipinski definition) is 0. The second-order valence-electron chi connectivity index (χ2n) is 3.67. The van der Waals surface area contributed by atoms with Crippen molar-refractivity contribution in [3.63, 3.8) is 0 Å². The molecule has 2 aromatic rings. The first-order valence-corrected chi connectivity index (χ1v) is 6.40. The average Bonchev–Trinajstić information content (AvgIpc) is 2.38. The molecule has 0 bridgehead atoms. The zero-order chi connectivity index (χ0) is 12.3. The molecule has 0 aliphatic heterocycles. The van der Waals surface area contributed by atoms with Crippen LogP contribution in [0.5, 0.6) is 5.88 Å². The van der Waals surface area contributed by atoms with Gasteiger partial charge in [0.15, 0.2) is 0 Å². The first-order chi connectivity index (χ1) is 8.22. The Labute approximate surface area is 109 Å². The fourth-order valence-corrected chi connectivity index (χ4v) is 1.93. The Balaban J connectivity index is 2.41. The first kappa shape index (κ1) is 12.0. The summed E-state index contributed by atoms with van der Waals surface area (Å²) >= 11 is 3.43. The highest BCUT2D eigenvalue weighted by Gasteiger charge is 2.04. The number of ether oxygens (including phenoxy) is 1. The van der Waals surface area contributed by atoms with Gasteiger partial charge < -0.3 is 4.74 Å². The molecule has 17 heavy (non-hydrogen) atoms. The molecule has 0 aliphatic carbocycles. The van der Waals surface area contributed by atoms with Crippen LogP contribution in [0.15, 0.2) is 30.3 Å². The SMILES string of the molecule is COc1cc(-c2ccc(CBr)cc2)nc(C)n1. The molecule has 1 heterocycles. The van der Waals surface area contributed by atoms with E-state index in [-0.39, 0.29) is 0 Å². The van der Waals surface area contributed by atoms with Crippen LogP contribution in [0.1, 0.15) is 11.4 Å². The minimum atomic E-state index is 0.595. The van der Waals surface area contributed by atoms with E-state index in [9.17, 15) is 0 Å². The summed E-state index contributed by atoms with van der Waals surface area (Å²) in [5.74, 6) is 1.31. The third-order valence-electron chi connectivity index (χ3n) is 2.43. The summed E-state index contributed by atoms with van der Waals surface area (Å²) < 4.78 is 5.14. The van der Waals surface area contributed by atoms with E-state index >= 15 is 0 Å². The van der Waals surface area contributed by atoms with Crippen molar-refractivity contribution >= 4 is 15.9 Å². The van der Waals surface area contributed by atoms with Crippen molar-refractivity contribution in [2.75, 3.05) is 7.11 Å². The second-order valence-corrected chi connectivity index (χ2v) is 4.23. The molecule has 1 aromatic carbocycles. The van der Waals surface area contributed by atoms with E-state index in [1.54, 1.807) is 7.11 Å². The molecule has 88 valence electrons. The monoisotopic (exact) mass is 292 g/mol. The minimum absolute atomic E-state index is 0.595. The topological polar surface area (TPSA) is 35.0 Å². The van der Waals surface area contributed by atoms with Gasteiger partial charge in [0.05, 0.1) is 12.8 Å². The summed E-state index contributed by atoms with van der Waals surface area (Å²) in [4.78, 5) is 8.58. The Kier molecular flexibility index (Phi) is 3.74. The van der Waals surface area contributed by atoms with Gasteiger partial charge in [0.25, 0.3) is 0 Å². The quantitative estimate of drug-likeness (QED) is 0.814. The number of halogens is 1. The smallest absolute Gasteiger partial charge is 0.216 e. The molecule has 0 unspecified atom stereocenters. The molecule has 0 fully saturated rings. The number of nitrogens with zero attached hydrogens (tertiary/aromatic N) is 2.